The lowest BCUT2D eigenvalue weighted by Gasteiger charge is -2.09. The van der Waals surface area contributed by atoms with Crippen LogP contribution in [0.15, 0.2) is 55.0 Å². The summed E-state index contributed by atoms with van der Waals surface area (Å²) < 4.78 is 40.1. The molecule has 0 amide bonds. The van der Waals surface area contributed by atoms with Gasteiger partial charge in [0.05, 0.1) is 21.8 Å². The highest BCUT2D eigenvalue weighted by molar-refractivity contribution is 6.42. The highest BCUT2D eigenvalue weighted by Gasteiger charge is 2.32. The summed E-state index contributed by atoms with van der Waals surface area (Å²) in [4.78, 5) is 7.92. The number of rotatable bonds is 2. The molecule has 0 aliphatic rings. The van der Waals surface area contributed by atoms with E-state index in [1.165, 1.54) is 23.0 Å². The highest BCUT2D eigenvalue weighted by atomic mass is 35.5. The van der Waals surface area contributed by atoms with Crippen molar-refractivity contribution < 1.29 is 13.2 Å². The van der Waals surface area contributed by atoms with E-state index in [-0.39, 0.29) is 5.52 Å². The lowest BCUT2D eigenvalue weighted by molar-refractivity contribution is -0.140. The molecular weight excluding hydrogens is 400 g/mol. The molecule has 0 N–H and O–H groups in total. The van der Waals surface area contributed by atoms with Gasteiger partial charge in [0.1, 0.15) is 5.69 Å². The molecular formula is C18H9Cl2F3N4. The molecule has 0 bridgehead atoms. The number of nitrogens with zero attached hydrogens (tertiary/aromatic N) is 4. The topological polar surface area (TPSA) is 43.6 Å². The van der Waals surface area contributed by atoms with Crippen LogP contribution in [0.2, 0.25) is 10.0 Å². The number of fused-ring (bicyclic) bond motifs is 1. The maximum absolute atomic E-state index is 12.9. The van der Waals surface area contributed by atoms with Crippen molar-refractivity contribution in [2.45, 2.75) is 6.18 Å². The van der Waals surface area contributed by atoms with Crippen LogP contribution in [-0.2, 0) is 6.18 Å². The van der Waals surface area contributed by atoms with Gasteiger partial charge in [-0.1, -0.05) is 29.3 Å². The predicted octanol–water partition coefficient (Wildman–Crippen LogP) is 5.81. The zero-order valence-corrected chi connectivity index (χ0v) is 14.9. The fraction of sp³-hybridized carbons (Fsp3) is 0.0556. The van der Waals surface area contributed by atoms with E-state index in [1.54, 1.807) is 30.6 Å². The number of halogens is 5. The molecule has 4 rings (SSSR count). The Labute approximate surface area is 161 Å². The third kappa shape index (κ3) is 3.36. The van der Waals surface area contributed by atoms with Crippen molar-refractivity contribution in [3.05, 3.63) is 70.7 Å². The molecule has 0 aliphatic heterocycles. The molecule has 4 aromatic rings. The van der Waals surface area contributed by atoms with Gasteiger partial charge in [0.25, 0.3) is 0 Å². The number of alkyl halides is 3. The largest absolute Gasteiger partial charge is 0.433 e. The Morgan fingerprint density at radius 3 is 2.48 bits per heavy atom. The molecule has 3 heterocycles. The Balaban J connectivity index is 1.79. The van der Waals surface area contributed by atoms with E-state index in [2.05, 4.69) is 15.1 Å². The van der Waals surface area contributed by atoms with E-state index >= 15 is 0 Å². The fourth-order valence-electron chi connectivity index (χ4n) is 2.64. The summed E-state index contributed by atoms with van der Waals surface area (Å²) in [7, 11) is 0. The summed E-state index contributed by atoms with van der Waals surface area (Å²) in [5.74, 6) is 0.375. The number of benzene rings is 1. The van der Waals surface area contributed by atoms with Gasteiger partial charge in [0.2, 0.25) is 0 Å². The lowest BCUT2D eigenvalue weighted by Crippen LogP contribution is -2.08. The molecule has 0 radical (unpaired) electrons. The van der Waals surface area contributed by atoms with E-state index in [4.69, 9.17) is 23.2 Å². The van der Waals surface area contributed by atoms with Gasteiger partial charge in [-0.2, -0.15) is 18.3 Å². The molecule has 0 fully saturated rings. The molecule has 0 aliphatic carbocycles. The zero-order chi connectivity index (χ0) is 19.2. The summed E-state index contributed by atoms with van der Waals surface area (Å²) in [6.45, 7) is 0. The number of aromatic nitrogens is 4. The van der Waals surface area contributed by atoms with Gasteiger partial charge in [-0.15, -0.1) is 0 Å². The molecule has 3 aromatic heterocycles. The number of pyridine rings is 2. The van der Waals surface area contributed by atoms with Crippen molar-refractivity contribution >= 4 is 34.1 Å². The fourth-order valence-corrected chi connectivity index (χ4v) is 2.94. The minimum atomic E-state index is -4.51. The van der Waals surface area contributed by atoms with Crippen molar-refractivity contribution in [3.63, 3.8) is 0 Å². The van der Waals surface area contributed by atoms with E-state index in [0.29, 0.717) is 21.2 Å². The summed E-state index contributed by atoms with van der Waals surface area (Å²) >= 11 is 12.0. The van der Waals surface area contributed by atoms with Crippen molar-refractivity contribution in [1.82, 2.24) is 19.7 Å². The molecule has 0 spiro atoms. The second-order valence-corrected chi connectivity index (χ2v) is 6.51. The van der Waals surface area contributed by atoms with Crippen molar-refractivity contribution in [3.8, 4) is 16.9 Å². The van der Waals surface area contributed by atoms with Crippen molar-refractivity contribution in [1.29, 1.82) is 0 Å². The third-order valence-corrected chi connectivity index (χ3v) is 4.68. The summed E-state index contributed by atoms with van der Waals surface area (Å²) in [5, 5.41) is 5.57. The van der Waals surface area contributed by atoms with Gasteiger partial charge in [0.15, 0.2) is 5.82 Å². The monoisotopic (exact) mass is 408 g/mol. The Morgan fingerprint density at radius 1 is 0.926 bits per heavy atom. The number of hydrogen-bond acceptors (Lipinski definition) is 3. The Bertz CT molecular complexity index is 1160. The predicted molar refractivity (Wildman–Crippen MR) is 97.1 cm³/mol. The Hall–Kier alpha value is -2.64. The first-order chi connectivity index (χ1) is 12.8. The molecule has 0 saturated carbocycles. The molecule has 0 unspecified atom stereocenters. The van der Waals surface area contributed by atoms with Crippen LogP contribution in [-0.4, -0.2) is 19.7 Å². The van der Waals surface area contributed by atoms with Crippen LogP contribution < -0.4 is 0 Å². The van der Waals surface area contributed by atoms with Crippen molar-refractivity contribution in [2.75, 3.05) is 0 Å². The second-order valence-electron chi connectivity index (χ2n) is 5.70. The maximum atomic E-state index is 12.9. The van der Waals surface area contributed by atoms with Crippen molar-refractivity contribution in [2.24, 2.45) is 0 Å². The highest BCUT2D eigenvalue weighted by Crippen LogP contribution is 2.31. The van der Waals surface area contributed by atoms with Crippen LogP contribution in [0, 0.1) is 0 Å². The second kappa shape index (κ2) is 6.51. The molecule has 136 valence electrons. The summed E-state index contributed by atoms with van der Waals surface area (Å²) in [6.07, 6.45) is 0.201. The van der Waals surface area contributed by atoms with Crippen LogP contribution in [0.4, 0.5) is 13.2 Å². The SMILES string of the molecule is FC(F)(F)c1ccc2c(-n3cc(-c4ccc(Cl)c(Cl)c4)cn3)nccc2n1. The van der Waals surface area contributed by atoms with Gasteiger partial charge >= 0.3 is 6.18 Å². The normalized spacial score (nSPS) is 11.9. The minimum absolute atomic E-state index is 0.182. The van der Waals surface area contributed by atoms with Gasteiger partial charge in [-0.05, 0) is 35.9 Å². The first kappa shape index (κ1) is 17.8. The van der Waals surface area contributed by atoms with Gasteiger partial charge in [-0.25, -0.2) is 14.6 Å². The molecule has 4 nitrogen and oxygen atoms in total. The average molecular weight is 409 g/mol. The quantitative estimate of drug-likeness (QED) is 0.420. The molecule has 27 heavy (non-hydrogen) atoms. The first-order valence-corrected chi connectivity index (χ1v) is 8.42. The summed E-state index contributed by atoms with van der Waals surface area (Å²) in [5.41, 5.74) is 0.783. The van der Waals surface area contributed by atoms with Gasteiger partial charge in [-0.3, -0.25) is 0 Å². The zero-order valence-electron chi connectivity index (χ0n) is 13.4. The van der Waals surface area contributed by atoms with Crippen LogP contribution in [0.3, 0.4) is 0 Å². The summed E-state index contributed by atoms with van der Waals surface area (Å²) in [6, 6.07) is 8.87. The first-order valence-electron chi connectivity index (χ1n) is 7.66. The molecule has 1 aromatic carbocycles. The van der Waals surface area contributed by atoms with Crippen LogP contribution in [0.25, 0.3) is 27.8 Å². The van der Waals surface area contributed by atoms with E-state index < -0.39 is 11.9 Å². The smallest absolute Gasteiger partial charge is 0.243 e. The third-order valence-electron chi connectivity index (χ3n) is 3.94. The number of hydrogen-bond donors (Lipinski definition) is 0. The van der Waals surface area contributed by atoms with Crippen LogP contribution in [0.1, 0.15) is 5.69 Å². The van der Waals surface area contributed by atoms with Crippen LogP contribution >= 0.6 is 23.2 Å². The van der Waals surface area contributed by atoms with E-state index in [1.807, 2.05) is 0 Å². The lowest BCUT2D eigenvalue weighted by atomic mass is 10.1. The van der Waals surface area contributed by atoms with Gasteiger partial charge in [0, 0.05) is 23.3 Å². The van der Waals surface area contributed by atoms with Gasteiger partial charge < -0.3 is 0 Å². The molecule has 0 saturated heterocycles. The minimum Gasteiger partial charge on any atom is -0.243 e. The molecule has 9 heteroatoms. The van der Waals surface area contributed by atoms with E-state index in [9.17, 15) is 13.2 Å². The van der Waals surface area contributed by atoms with Crippen LogP contribution in [0.5, 0.6) is 0 Å². The Morgan fingerprint density at radius 2 is 1.74 bits per heavy atom. The average Bonchev–Trinajstić information content (AvgIpc) is 3.12. The van der Waals surface area contributed by atoms with E-state index in [0.717, 1.165) is 17.2 Å². The maximum Gasteiger partial charge on any atom is 0.433 e. The molecule has 0 atom stereocenters. The Kier molecular flexibility index (Phi) is 4.28. The standard InChI is InChI=1S/C18H9Cl2F3N4/c19-13-3-1-10(7-14(13)20)11-8-25-27(9-11)17-12-2-4-16(18(21,22)23)26-15(12)5-6-24-17/h1-9H.